The molecule has 0 amide bonds. The molecule has 0 aliphatic carbocycles. The van der Waals surface area contributed by atoms with Gasteiger partial charge in [-0.3, -0.25) is 0 Å². The number of aliphatic hydroxyl groups is 1. The van der Waals surface area contributed by atoms with Gasteiger partial charge in [0.1, 0.15) is 18.2 Å². The molecule has 0 spiro atoms. The van der Waals surface area contributed by atoms with Crippen LogP contribution in [0.5, 0.6) is 5.75 Å². The van der Waals surface area contributed by atoms with Gasteiger partial charge >= 0.3 is 0 Å². The van der Waals surface area contributed by atoms with Crippen LogP contribution in [0.1, 0.15) is 18.6 Å². The zero-order chi connectivity index (χ0) is 11.3. The molecule has 0 aromatic heterocycles. The monoisotopic (exact) mass is 214 g/mol. The highest BCUT2D eigenvalue weighted by Crippen LogP contribution is 2.25. The van der Waals surface area contributed by atoms with Crippen molar-refractivity contribution >= 4 is 0 Å². The summed E-state index contributed by atoms with van der Waals surface area (Å²) in [7, 11) is 1.56. The van der Waals surface area contributed by atoms with Gasteiger partial charge in [-0.1, -0.05) is 0 Å². The maximum Gasteiger partial charge on any atom is 0.128 e. The molecule has 1 aromatic rings. The number of hydrogen-bond donors (Lipinski definition) is 1. The second-order valence-electron chi connectivity index (χ2n) is 3.20. The standard InChI is InChI=1S/C11H15FO3/c1-8(13)10-4-3-9(12)7-11(10)15-6-5-14-2/h3-4,7-8,13H,5-6H2,1-2H3. The quantitative estimate of drug-likeness (QED) is 0.761. The zero-order valence-corrected chi connectivity index (χ0v) is 8.87. The lowest BCUT2D eigenvalue weighted by Crippen LogP contribution is -2.07. The van der Waals surface area contributed by atoms with Crippen LogP contribution in [0, 0.1) is 5.82 Å². The summed E-state index contributed by atoms with van der Waals surface area (Å²) in [6.07, 6.45) is -0.678. The number of aliphatic hydroxyl groups excluding tert-OH is 1. The molecule has 0 bridgehead atoms. The maximum atomic E-state index is 12.9. The van der Waals surface area contributed by atoms with Crippen LogP contribution >= 0.6 is 0 Å². The third-order valence-electron chi connectivity index (χ3n) is 1.97. The molecule has 3 nitrogen and oxygen atoms in total. The van der Waals surface area contributed by atoms with Crippen molar-refractivity contribution in [3.63, 3.8) is 0 Å². The molecule has 0 saturated heterocycles. The molecule has 0 heterocycles. The molecular formula is C11H15FO3. The fraction of sp³-hybridized carbons (Fsp3) is 0.455. The van der Waals surface area contributed by atoms with Gasteiger partial charge in [-0.15, -0.1) is 0 Å². The average Bonchev–Trinajstić information content (AvgIpc) is 2.18. The first-order valence-electron chi connectivity index (χ1n) is 4.74. The Morgan fingerprint density at radius 3 is 2.73 bits per heavy atom. The summed E-state index contributed by atoms with van der Waals surface area (Å²) >= 11 is 0. The summed E-state index contributed by atoms with van der Waals surface area (Å²) in [5, 5.41) is 9.42. The minimum atomic E-state index is -0.678. The highest BCUT2D eigenvalue weighted by molar-refractivity contribution is 5.35. The summed E-state index contributed by atoms with van der Waals surface area (Å²) in [4.78, 5) is 0. The van der Waals surface area contributed by atoms with E-state index < -0.39 is 6.10 Å². The zero-order valence-electron chi connectivity index (χ0n) is 8.87. The van der Waals surface area contributed by atoms with Gasteiger partial charge in [0.2, 0.25) is 0 Å². The van der Waals surface area contributed by atoms with Crippen molar-refractivity contribution in [2.45, 2.75) is 13.0 Å². The number of halogens is 1. The number of benzene rings is 1. The van der Waals surface area contributed by atoms with Crippen LogP contribution in [0.3, 0.4) is 0 Å². The molecule has 1 unspecified atom stereocenters. The largest absolute Gasteiger partial charge is 0.491 e. The van der Waals surface area contributed by atoms with Gasteiger partial charge in [-0.25, -0.2) is 4.39 Å². The van der Waals surface area contributed by atoms with Crippen molar-refractivity contribution < 1.29 is 19.0 Å². The van der Waals surface area contributed by atoms with Gasteiger partial charge in [0.05, 0.1) is 12.7 Å². The van der Waals surface area contributed by atoms with Crippen LogP contribution in [0.2, 0.25) is 0 Å². The van der Waals surface area contributed by atoms with Crippen LogP contribution in [0.15, 0.2) is 18.2 Å². The fourth-order valence-corrected chi connectivity index (χ4v) is 1.21. The molecule has 0 aliphatic rings. The smallest absolute Gasteiger partial charge is 0.128 e. The van der Waals surface area contributed by atoms with E-state index in [1.54, 1.807) is 14.0 Å². The van der Waals surface area contributed by atoms with Gasteiger partial charge in [-0.05, 0) is 19.1 Å². The Morgan fingerprint density at radius 2 is 2.13 bits per heavy atom. The minimum Gasteiger partial charge on any atom is -0.491 e. The Balaban J connectivity index is 2.77. The number of methoxy groups -OCH3 is 1. The van der Waals surface area contributed by atoms with Crippen molar-refractivity contribution in [1.29, 1.82) is 0 Å². The molecule has 1 aromatic carbocycles. The number of hydrogen-bond acceptors (Lipinski definition) is 3. The second-order valence-corrected chi connectivity index (χ2v) is 3.20. The van der Waals surface area contributed by atoms with Gasteiger partial charge in [0, 0.05) is 18.7 Å². The summed E-state index contributed by atoms with van der Waals surface area (Å²) in [6, 6.07) is 4.07. The lowest BCUT2D eigenvalue weighted by atomic mass is 10.1. The van der Waals surface area contributed by atoms with Gasteiger partial charge in [-0.2, -0.15) is 0 Å². The van der Waals surface area contributed by atoms with Gasteiger partial charge in [0.25, 0.3) is 0 Å². The van der Waals surface area contributed by atoms with Crippen molar-refractivity contribution in [2.75, 3.05) is 20.3 Å². The van der Waals surface area contributed by atoms with E-state index in [0.717, 1.165) is 0 Å². The van der Waals surface area contributed by atoms with Crippen LogP contribution < -0.4 is 4.74 Å². The van der Waals surface area contributed by atoms with Crippen molar-refractivity contribution in [1.82, 2.24) is 0 Å². The molecular weight excluding hydrogens is 199 g/mol. The summed E-state index contributed by atoms with van der Waals surface area (Å²) in [6.45, 7) is 2.37. The molecule has 15 heavy (non-hydrogen) atoms. The van der Waals surface area contributed by atoms with Crippen molar-refractivity contribution in [3.8, 4) is 5.75 Å². The lowest BCUT2D eigenvalue weighted by Gasteiger charge is -2.13. The average molecular weight is 214 g/mol. The van der Waals surface area contributed by atoms with Crippen molar-refractivity contribution in [3.05, 3.63) is 29.6 Å². The van der Waals surface area contributed by atoms with E-state index in [9.17, 15) is 9.50 Å². The van der Waals surface area contributed by atoms with E-state index in [1.165, 1.54) is 18.2 Å². The lowest BCUT2D eigenvalue weighted by molar-refractivity contribution is 0.140. The second kappa shape index (κ2) is 5.68. The highest BCUT2D eigenvalue weighted by Gasteiger charge is 2.09. The molecule has 0 fully saturated rings. The van der Waals surface area contributed by atoms with Gasteiger partial charge < -0.3 is 14.6 Å². The first kappa shape index (κ1) is 11.9. The van der Waals surface area contributed by atoms with E-state index in [1.807, 2.05) is 0 Å². The van der Waals surface area contributed by atoms with E-state index in [0.29, 0.717) is 24.5 Å². The van der Waals surface area contributed by atoms with Crippen LogP contribution in [0.25, 0.3) is 0 Å². The molecule has 4 heteroatoms. The Hall–Kier alpha value is -1.13. The van der Waals surface area contributed by atoms with E-state index in [4.69, 9.17) is 9.47 Å². The SMILES string of the molecule is COCCOc1cc(F)ccc1C(C)O. The topological polar surface area (TPSA) is 38.7 Å². The Morgan fingerprint density at radius 1 is 1.40 bits per heavy atom. The normalized spacial score (nSPS) is 12.5. The van der Waals surface area contributed by atoms with E-state index >= 15 is 0 Å². The first-order chi connectivity index (χ1) is 7.15. The summed E-state index contributed by atoms with van der Waals surface area (Å²) < 4.78 is 23.0. The predicted octanol–water partition coefficient (Wildman–Crippen LogP) is 1.90. The first-order valence-corrected chi connectivity index (χ1v) is 4.74. The van der Waals surface area contributed by atoms with Gasteiger partial charge in [0.15, 0.2) is 0 Å². The third-order valence-corrected chi connectivity index (χ3v) is 1.97. The molecule has 84 valence electrons. The van der Waals surface area contributed by atoms with Crippen LogP contribution in [0.4, 0.5) is 4.39 Å². The van der Waals surface area contributed by atoms with E-state index in [2.05, 4.69) is 0 Å². The Labute approximate surface area is 88.4 Å². The summed E-state index contributed by atoms with van der Waals surface area (Å²) in [5.41, 5.74) is 0.576. The van der Waals surface area contributed by atoms with Crippen LogP contribution in [-0.4, -0.2) is 25.4 Å². The highest BCUT2D eigenvalue weighted by atomic mass is 19.1. The molecule has 0 radical (unpaired) electrons. The minimum absolute atomic E-state index is 0.333. The van der Waals surface area contributed by atoms with Crippen molar-refractivity contribution in [2.24, 2.45) is 0 Å². The Bertz CT molecular complexity index is 313. The van der Waals surface area contributed by atoms with E-state index in [-0.39, 0.29) is 5.82 Å². The number of ether oxygens (including phenoxy) is 2. The van der Waals surface area contributed by atoms with Crippen LogP contribution in [-0.2, 0) is 4.74 Å². The molecule has 1 N–H and O–H groups in total. The molecule has 1 atom stereocenters. The fourth-order valence-electron chi connectivity index (χ4n) is 1.21. The Kier molecular flexibility index (Phi) is 4.52. The molecule has 0 aliphatic heterocycles. The molecule has 0 saturated carbocycles. The number of rotatable bonds is 5. The predicted molar refractivity (Wildman–Crippen MR) is 54.4 cm³/mol. The summed E-state index contributed by atoms with van der Waals surface area (Å²) in [5.74, 6) is -0.0196. The maximum absolute atomic E-state index is 12.9. The molecule has 1 rings (SSSR count). The third kappa shape index (κ3) is 3.49.